The Balaban J connectivity index is 2.25. The van der Waals surface area contributed by atoms with Crippen LogP contribution < -0.4 is 10.2 Å². The third kappa shape index (κ3) is 1.97. The lowest BCUT2D eigenvalue weighted by atomic mass is 9.89. The number of aromatic nitrogens is 1. The Morgan fingerprint density at radius 3 is 2.73 bits per heavy atom. The smallest absolute Gasteiger partial charge is 0.274 e. The minimum absolute atomic E-state index is 0.117. The number of nitrogens with zero attached hydrogens (tertiary/aromatic N) is 2. The Bertz CT molecular complexity index is 667. The third-order valence-corrected chi connectivity index (χ3v) is 4.90. The van der Waals surface area contributed by atoms with Crippen LogP contribution in [-0.2, 0) is 16.7 Å². The predicted octanol–water partition coefficient (Wildman–Crippen LogP) is 1.01. The summed E-state index contributed by atoms with van der Waals surface area (Å²) < 4.78 is 12.6. The number of hydrogen-bond donors (Lipinski definition) is 0. The van der Waals surface area contributed by atoms with Crippen LogP contribution in [0.1, 0.15) is 35.9 Å². The molecule has 0 spiro atoms. The molecule has 6 heteroatoms. The van der Waals surface area contributed by atoms with Crippen molar-refractivity contribution in [2.24, 2.45) is 0 Å². The monoisotopic (exact) mass is 306 g/mol. The lowest BCUT2D eigenvalue weighted by molar-refractivity contribution is 0.0486. The molecule has 120 valence electrons. The Hall–Kier alpha value is -1.82. The van der Waals surface area contributed by atoms with Gasteiger partial charge in [0.1, 0.15) is 0 Å². The van der Waals surface area contributed by atoms with E-state index >= 15 is 0 Å². The molecule has 0 aliphatic carbocycles. The van der Waals surface area contributed by atoms with Crippen molar-refractivity contribution in [3.8, 4) is 5.75 Å². The van der Waals surface area contributed by atoms with Gasteiger partial charge in [0, 0.05) is 38.6 Å². The van der Waals surface area contributed by atoms with E-state index in [-0.39, 0.29) is 22.6 Å². The van der Waals surface area contributed by atoms with E-state index in [1.54, 1.807) is 13.2 Å². The van der Waals surface area contributed by atoms with Crippen LogP contribution >= 0.6 is 0 Å². The molecule has 1 unspecified atom stereocenters. The maximum Gasteiger partial charge on any atom is 0.274 e. The fourth-order valence-corrected chi connectivity index (χ4v) is 3.82. The van der Waals surface area contributed by atoms with Crippen LogP contribution in [0.4, 0.5) is 0 Å². The number of amides is 1. The molecule has 2 aliphatic heterocycles. The minimum atomic E-state index is -0.211. The fourth-order valence-electron chi connectivity index (χ4n) is 3.82. The molecule has 0 radical (unpaired) electrons. The molecule has 1 amide bonds. The van der Waals surface area contributed by atoms with Crippen LogP contribution in [0.5, 0.6) is 5.75 Å². The summed E-state index contributed by atoms with van der Waals surface area (Å²) in [6.07, 6.45) is 2.54. The first-order valence-corrected chi connectivity index (χ1v) is 7.69. The number of carbonyl (C=O) groups excluding carboxylic acids is 1. The molecule has 1 aromatic rings. The zero-order chi connectivity index (χ0) is 15.9. The average Bonchev–Trinajstić information content (AvgIpc) is 2.87. The van der Waals surface area contributed by atoms with Crippen molar-refractivity contribution >= 4 is 5.91 Å². The molecule has 0 fully saturated rings. The Morgan fingerprint density at radius 1 is 1.32 bits per heavy atom. The number of ether oxygens (including phenoxy) is 2. The van der Waals surface area contributed by atoms with Gasteiger partial charge < -0.3 is 18.9 Å². The highest BCUT2D eigenvalue weighted by Gasteiger charge is 2.47. The van der Waals surface area contributed by atoms with Crippen LogP contribution in [0.15, 0.2) is 10.9 Å². The van der Waals surface area contributed by atoms with E-state index in [4.69, 9.17) is 9.47 Å². The number of hydrogen-bond acceptors (Lipinski definition) is 4. The largest absolute Gasteiger partial charge is 0.491 e. The molecule has 0 bridgehead atoms. The topological polar surface area (TPSA) is 60.8 Å². The summed E-state index contributed by atoms with van der Waals surface area (Å²) in [6.45, 7) is 3.87. The van der Waals surface area contributed by atoms with Gasteiger partial charge in [-0.15, -0.1) is 0 Å². The SMILES string of the molecule is CCN1CC2(CCOC)CCc3cc(=O)c(OC)c(n32)C1=O. The van der Waals surface area contributed by atoms with Crippen molar-refractivity contribution in [3.05, 3.63) is 27.7 Å². The number of aryl methyl sites for hydroxylation is 1. The van der Waals surface area contributed by atoms with Crippen LogP contribution in [0.2, 0.25) is 0 Å². The molecule has 0 saturated heterocycles. The second kappa shape index (κ2) is 5.43. The number of methoxy groups -OCH3 is 2. The van der Waals surface area contributed by atoms with Crippen molar-refractivity contribution in [1.29, 1.82) is 0 Å². The fraction of sp³-hybridized carbons (Fsp3) is 0.625. The highest BCUT2D eigenvalue weighted by atomic mass is 16.5. The predicted molar refractivity (Wildman–Crippen MR) is 81.6 cm³/mol. The van der Waals surface area contributed by atoms with E-state index in [9.17, 15) is 9.59 Å². The van der Waals surface area contributed by atoms with E-state index < -0.39 is 0 Å². The molecule has 22 heavy (non-hydrogen) atoms. The van der Waals surface area contributed by atoms with Gasteiger partial charge in [-0.25, -0.2) is 0 Å². The Labute approximate surface area is 129 Å². The van der Waals surface area contributed by atoms with E-state index in [0.717, 1.165) is 25.0 Å². The summed E-state index contributed by atoms with van der Waals surface area (Å²) >= 11 is 0. The van der Waals surface area contributed by atoms with Crippen molar-refractivity contribution in [1.82, 2.24) is 9.47 Å². The first kappa shape index (κ1) is 15.1. The molecule has 3 heterocycles. The van der Waals surface area contributed by atoms with Crippen LogP contribution in [0, 0.1) is 0 Å². The molecular formula is C16H22N2O4. The summed E-state index contributed by atoms with van der Waals surface area (Å²) in [6, 6.07) is 1.62. The van der Waals surface area contributed by atoms with E-state index in [1.807, 2.05) is 11.8 Å². The van der Waals surface area contributed by atoms with Gasteiger partial charge in [-0.2, -0.15) is 0 Å². The van der Waals surface area contributed by atoms with E-state index in [1.165, 1.54) is 7.11 Å². The van der Waals surface area contributed by atoms with Crippen molar-refractivity contribution < 1.29 is 14.3 Å². The maximum absolute atomic E-state index is 12.8. The highest BCUT2D eigenvalue weighted by Crippen LogP contribution is 2.42. The first-order valence-electron chi connectivity index (χ1n) is 7.69. The average molecular weight is 306 g/mol. The Kier molecular flexibility index (Phi) is 3.72. The van der Waals surface area contributed by atoms with Crippen molar-refractivity contribution in [2.75, 3.05) is 33.9 Å². The summed E-state index contributed by atoms with van der Waals surface area (Å²) in [5.41, 5.74) is 0.941. The molecule has 6 nitrogen and oxygen atoms in total. The van der Waals surface area contributed by atoms with Gasteiger partial charge in [-0.05, 0) is 26.2 Å². The third-order valence-electron chi connectivity index (χ3n) is 4.90. The summed E-state index contributed by atoms with van der Waals surface area (Å²) in [7, 11) is 3.13. The Morgan fingerprint density at radius 2 is 2.09 bits per heavy atom. The van der Waals surface area contributed by atoms with Gasteiger partial charge in [0.2, 0.25) is 5.43 Å². The van der Waals surface area contributed by atoms with E-state index in [0.29, 0.717) is 25.4 Å². The maximum atomic E-state index is 12.8. The van der Waals surface area contributed by atoms with Gasteiger partial charge in [0.05, 0.1) is 12.6 Å². The lowest BCUT2D eigenvalue weighted by Crippen LogP contribution is -2.53. The zero-order valence-corrected chi connectivity index (χ0v) is 13.3. The number of likely N-dealkylation sites (N-methyl/N-ethyl adjacent to an activating group) is 1. The van der Waals surface area contributed by atoms with E-state index in [2.05, 4.69) is 4.57 Å². The molecule has 0 N–H and O–H groups in total. The molecule has 1 aromatic heterocycles. The number of pyridine rings is 1. The lowest BCUT2D eigenvalue weighted by Gasteiger charge is -2.43. The molecule has 1 atom stereocenters. The normalized spacial score (nSPS) is 22.9. The van der Waals surface area contributed by atoms with Gasteiger partial charge in [-0.1, -0.05) is 0 Å². The zero-order valence-electron chi connectivity index (χ0n) is 13.3. The second-order valence-electron chi connectivity index (χ2n) is 6.00. The van der Waals surface area contributed by atoms with Gasteiger partial charge >= 0.3 is 0 Å². The van der Waals surface area contributed by atoms with Gasteiger partial charge in [0.15, 0.2) is 11.4 Å². The second-order valence-corrected chi connectivity index (χ2v) is 6.00. The quantitative estimate of drug-likeness (QED) is 0.814. The standard InChI is InChI=1S/C16H22N2O4/c1-4-17-10-16(7-8-21-2)6-5-11-9-12(19)14(22-3)13(15(17)20)18(11)16/h9H,4-8,10H2,1-3H3. The summed E-state index contributed by atoms with van der Waals surface area (Å²) in [5, 5.41) is 0. The molecule has 3 rings (SSSR count). The number of rotatable bonds is 5. The van der Waals surface area contributed by atoms with Gasteiger partial charge in [0.25, 0.3) is 5.91 Å². The molecule has 0 saturated carbocycles. The van der Waals surface area contributed by atoms with Crippen LogP contribution in [0.25, 0.3) is 0 Å². The molecule has 0 aromatic carbocycles. The molecular weight excluding hydrogens is 284 g/mol. The highest BCUT2D eigenvalue weighted by molar-refractivity contribution is 5.96. The van der Waals surface area contributed by atoms with Crippen molar-refractivity contribution in [3.63, 3.8) is 0 Å². The first-order chi connectivity index (χ1) is 10.6. The van der Waals surface area contributed by atoms with Gasteiger partial charge in [-0.3, -0.25) is 9.59 Å². The summed E-state index contributed by atoms with van der Waals surface area (Å²) in [4.78, 5) is 26.8. The number of carbonyl (C=O) groups is 1. The van der Waals surface area contributed by atoms with Crippen LogP contribution in [0.3, 0.4) is 0 Å². The summed E-state index contributed by atoms with van der Waals surface area (Å²) in [5.74, 6) is 0.0452. The minimum Gasteiger partial charge on any atom is -0.491 e. The molecule has 2 aliphatic rings. The van der Waals surface area contributed by atoms with Crippen LogP contribution in [-0.4, -0.2) is 49.3 Å². The van der Waals surface area contributed by atoms with Crippen molar-refractivity contribution in [2.45, 2.75) is 31.7 Å².